The Morgan fingerprint density at radius 3 is 2.42 bits per heavy atom. The van der Waals surface area contributed by atoms with Crippen LogP contribution in [0.3, 0.4) is 0 Å². The third-order valence-corrected chi connectivity index (χ3v) is 7.89. The minimum absolute atomic E-state index is 0.0627. The van der Waals surface area contributed by atoms with Crippen molar-refractivity contribution in [1.82, 2.24) is 0 Å². The van der Waals surface area contributed by atoms with Crippen molar-refractivity contribution in [3.05, 3.63) is 41.5 Å². The molecule has 2 aromatic carbocycles. The van der Waals surface area contributed by atoms with E-state index in [0.29, 0.717) is 11.8 Å². The SMILES string of the molecule is CCCCCCC1CCC2CC(c3ccc4c(OC(F)(F)F)c(F)c(F)cc4c3)CCC2C1. The molecule has 33 heavy (non-hydrogen) atoms. The smallest absolute Gasteiger partial charge is 0.402 e. The zero-order chi connectivity index (χ0) is 23.6. The molecule has 6 heteroatoms. The van der Waals surface area contributed by atoms with Crippen molar-refractivity contribution >= 4 is 10.8 Å². The first kappa shape index (κ1) is 24.3. The number of ether oxygens (including phenoxy) is 1. The lowest BCUT2D eigenvalue weighted by Crippen LogP contribution is -2.30. The molecule has 0 spiro atoms. The van der Waals surface area contributed by atoms with Crippen molar-refractivity contribution in [3.8, 4) is 5.75 Å². The number of rotatable bonds is 7. The molecule has 4 atom stereocenters. The van der Waals surface area contributed by atoms with Crippen LogP contribution in [-0.4, -0.2) is 6.36 Å². The number of benzene rings is 2. The van der Waals surface area contributed by atoms with Gasteiger partial charge < -0.3 is 4.74 Å². The lowest BCUT2D eigenvalue weighted by molar-refractivity contribution is -0.275. The quantitative estimate of drug-likeness (QED) is 0.291. The predicted molar refractivity (Wildman–Crippen MR) is 120 cm³/mol. The van der Waals surface area contributed by atoms with Crippen LogP contribution < -0.4 is 4.74 Å². The zero-order valence-corrected chi connectivity index (χ0v) is 19.2. The van der Waals surface area contributed by atoms with Crippen LogP contribution >= 0.6 is 0 Å². The molecular formula is C27H33F5O. The fourth-order valence-electron chi connectivity index (χ4n) is 6.21. The minimum atomic E-state index is -5.09. The molecule has 0 aromatic heterocycles. The maximum Gasteiger partial charge on any atom is 0.573 e. The van der Waals surface area contributed by atoms with Gasteiger partial charge in [-0.05, 0) is 72.8 Å². The summed E-state index contributed by atoms with van der Waals surface area (Å²) >= 11 is 0. The summed E-state index contributed by atoms with van der Waals surface area (Å²) in [7, 11) is 0. The first-order chi connectivity index (χ1) is 15.7. The first-order valence-electron chi connectivity index (χ1n) is 12.4. The second-order valence-corrected chi connectivity index (χ2v) is 10.1. The molecule has 0 heterocycles. The van der Waals surface area contributed by atoms with Gasteiger partial charge >= 0.3 is 6.36 Å². The summed E-state index contributed by atoms with van der Waals surface area (Å²) in [4.78, 5) is 0. The Hall–Kier alpha value is -1.85. The molecule has 2 fully saturated rings. The highest BCUT2D eigenvalue weighted by molar-refractivity contribution is 5.89. The van der Waals surface area contributed by atoms with Gasteiger partial charge in [-0.3, -0.25) is 0 Å². The van der Waals surface area contributed by atoms with Crippen LogP contribution in [0.25, 0.3) is 10.8 Å². The molecule has 0 saturated heterocycles. The van der Waals surface area contributed by atoms with Gasteiger partial charge in [-0.15, -0.1) is 13.2 Å². The summed E-state index contributed by atoms with van der Waals surface area (Å²) in [5.41, 5.74) is 0.992. The Labute approximate surface area is 192 Å². The molecule has 0 amide bonds. The number of hydrogen-bond donors (Lipinski definition) is 0. The summed E-state index contributed by atoms with van der Waals surface area (Å²) in [5.74, 6) is -1.43. The van der Waals surface area contributed by atoms with E-state index in [1.165, 1.54) is 63.9 Å². The molecule has 182 valence electrons. The second kappa shape index (κ2) is 10.2. The van der Waals surface area contributed by atoms with Gasteiger partial charge in [0.2, 0.25) is 5.82 Å². The van der Waals surface area contributed by atoms with Gasteiger partial charge in [-0.2, -0.15) is 4.39 Å². The normalized spacial score (nSPS) is 25.8. The molecule has 2 aromatic rings. The van der Waals surface area contributed by atoms with Crippen LogP contribution in [0.2, 0.25) is 0 Å². The fourth-order valence-corrected chi connectivity index (χ4v) is 6.21. The van der Waals surface area contributed by atoms with E-state index < -0.39 is 23.7 Å². The standard InChI is InChI=1S/C27H33F5O/c1-2-3-4-5-6-17-7-8-19-14-20(10-9-18(19)13-17)21-11-12-23-22(15-21)16-24(28)25(29)26(23)33-27(30,31)32/h11-12,15-20H,2-10,13-14H2,1H3. The Morgan fingerprint density at radius 1 is 0.909 bits per heavy atom. The predicted octanol–water partition coefficient (Wildman–Crippen LogP) is 9.29. The number of alkyl halides is 3. The Morgan fingerprint density at radius 2 is 1.67 bits per heavy atom. The van der Waals surface area contributed by atoms with Gasteiger partial charge in [0.1, 0.15) is 0 Å². The summed E-state index contributed by atoms with van der Waals surface area (Å²) in [6.07, 6.45) is 8.66. The summed E-state index contributed by atoms with van der Waals surface area (Å²) in [6, 6.07) is 5.87. The van der Waals surface area contributed by atoms with Crippen LogP contribution in [0.5, 0.6) is 5.75 Å². The van der Waals surface area contributed by atoms with Crippen LogP contribution in [0.1, 0.15) is 89.0 Å². The molecule has 4 unspecified atom stereocenters. The van der Waals surface area contributed by atoms with Gasteiger partial charge in [0.15, 0.2) is 11.6 Å². The Bertz CT molecular complexity index is 954. The van der Waals surface area contributed by atoms with Gasteiger partial charge in [0.05, 0.1) is 0 Å². The maximum atomic E-state index is 14.1. The van der Waals surface area contributed by atoms with Crippen LogP contribution in [0.15, 0.2) is 24.3 Å². The number of halogens is 5. The van der Waals surface area contributed by atoms with Gasteiger partial charge in [-0.25, -0.2) is 4.39 Å². The molecule has 0 N–H and O–H groups in total. The van der Waals surface area contributed by atoms with E-state index >= 15 is 0 Å². The van der Waals surface area contributed by atoms with E-state index in [1.54, 1.807) is 12.1 Å². The van der Waals surface area contributed by atoms with Crippen molar-refractivity contribution in [2.75, 3.05) is 0 Å². The lowest BCUT2D eigenvalue weighted by Gasteiger charge is -2.42. The summed E-state index contributed by atoms with van der Waals surface area (Å²) in [6.45, 7) is 2.24. The molecule has 0 radical (unpaired) electrons. The van der Waals surface area contributed by atoms with Crippen molar-refractivity contribution in [1.29, 1.82) is 0 Å². The highest BCUT2D eigenvalue weighted by atomic mass is 19.4. The molecule has 2 saturated carbocycles. The monoisotopic (exact) mass is 468 g/mol. The molecule has 0 bridgehead atoms. The molecular weight excluding hydrogens is 435 g/mol. The first-order valence-corrected chi connectivity index (χ1v) is 12.4. The fraction of sp³-hybridized carbons (Fsp3) is 0.630. The maximum absolute atomic E-state index is 14.1. The van der Waals surface area contributed by atoms with Crippen molar-refractivity contribution < 1.29 is 26.7 Å². The van der Waals surface area contributed by atoms with Gasteiger partial charge in [-0.1, -0.05) is 63.6 Å². The lowest BCUT2D eigenvalue weighted by atomic mass is 9.63. The average Bonchev–Trinajstić information content (AvgIpc) is 2.78. The van der Waals surface area contributed by atoms with Crippen LogP contribution in [0, 0.1) is 29.4 Å². The average molecular weight is 469 g/mol. The highest BCUT2D eigenvalue weighted by Gasteiger charge is 2.37. The molecule has 0 aliphatic heterocycles. The number of hydrogen-bond acceptors (Lipinski definition) is 1. The van der Waals surface area contributed by atoms with Gasteiger partial charge in [0.25, 0.3) is 0 Å². The van der Waals surface area contributed by atoms with Crippen LogP contribution in [0.4, 0.5) is 22.0 Å². The topological polar surface area (TPSA) is 9.23 Å². The minimum Gasteiger partial charge on any atom is -0.402 e. The second-order valence-electron chi connectivity index (χ2n) is 10.1. The van der Waals surface area contributed by atoms with Crippen molar-refractivity contribution in [2.45, 2.75) is 89.8 Å². The zero-order valence-electron chi connectivity index (χ0n) is 19.2. The van der Waals surface area contributed by atoms with Crippen molar-refractivity contribution in [3.63, 3.8) is 0 Å². The summed E-state index contributed by atoms with van der Waals surface area (Å²) in [5, 5.41) is 0.177. The molecule has 2 aliphatic rings. The largest absolute Gasteiger partial charge is 0.573 e. The molecule has 2 aliphatic carbocycles. The van der Waals surface area contributed by atoms with Crippen molar-refractivity contribution in [2.24, 2.45) is 17.8 Å². The van der Waals surface area contributed by atoms with Gasteiger partial charge in [0, 0.05) is 5.39 Å². The van der Waals surface area contributed by atoms with Crippen LogP contribution in [-0.2, 0) is 0 Å². The van der Waals surface area contributed by atoms with E-state index in [4.69, 9.17) is 0 Å². The molecule has 4 rings (SSSR count). The third-order valence-electron chi connectivity index (χ3n) is 7.89. The summed E-state index contributed by atoms with van der Waals surface area (Å²) < 4.78 is 70.1. The number of unbranched alkanes of at least 4 members (excludes halogenated alkanes) is 3. The van der Waals surface area contributed by atoms with E-state index in [-0.39, 0.29) is 10.8 Å². The third kappa shape index (κ3) is 5.81. The van der Waals surface area contributed by atoms with E-state index in [2.05, 4.69) is 11.7 Å². The van der Waals surface area contributed by atoms with E-state index in [9.17, 15) is 22.0 Å². The Balaban J connectivity index is 1.45. The molecule has 1 nitrogen and oxygen atoms in total. The highest BCUT2D eigenvalue weighted by Crippen LogP contribution is 2.49. The Kier molecular flexibility index (Phi) is 7.49. The number of fused-ring (bicyclic) bond motifs is 2. The van der Waals surface area contributed by atoms with E-state index in [0.717, 1.165) is 36.3 Å². The van der Waals surface area contributed by atoms with E-state index in [1.807, 2.05) is 0 Å².